The van der Waals surface area contributed by atoms with E-state index in [-0.39, 0.29) is 11.9 Å². The van der Waals surface area contributed by atoms with Crippen LogP contribution >= 0.6 is 23.4 Å². The summed E-state index contributed by atoms with van der Waals surface area (Å²) in [4.78, 5) is 14.7. The number of aromatic nitrogens is 2. The average Bonchev–Trinajstić information content (AvgIpc) is 2.93. The van der Waals surface area contributed by atoms with Gasteiger partial charge in [0, 0.05) is 36.3 Å². The summed E-state index contributed by atoms with van der Waals surface area (Å²) in [5.41, 5.74) is 2.11. The molecule has 0 spiro atoms. The minimum absolute atomic E-state index is 0.125. The Hall–Kier alpha value is -1.46. The molecule has 116 valence electrons. The summed E-state index contributed by atoms with van der Waals surface area (Å²) in [7, 11) is 1.86. The highest BCUT2D eigenvalue weighted by Crippen LogP contribution is 2.30. The van der Waals surface area contributed by atoms with Gasteiger partial charge >= 0.3 is 0 Å². The molecule has 0 saturated carbocycles. The molecular formula is C16H18ClN3OS. The first kappa shape index (κ1) is 15.4. The predicted octanol–water partition coefficient (Wildman–Crippen LogP) is 2.93. The van der Waals surface area contributed by atoms with Crippen LogP contribution in [0.3, 0.4) is 0 Å². The van der Waals surface area contributed by atoms with Gasteiger partial charge in [-0.2, -0.15) is 16.9 Å². The largest absolute Gasteiger partial charge is 0.334 e. The van der Waals surface area contributed by atoms with Crippen LogP contribution < -0.4 is 0 Å². The van der Waals surface area contributed by atoms with Crippen molar-refractivity contribution in [3.8, 4) is 0 Å². The molecule has 1 atom stereocenters. The molecule has 1 saturated heterocycles. The van der Waals surface area contributed by atoms with Crippen molar-refractivity contribution in [1.82, 2.24) is 14.7 Å². The van der Waals surface area contributed by atoms with Crippen LogP contribution in [0, 0.1) is 0 Å². The molecule has 1 amide bonds. The normalized spacial score (nSPS) is 18.5. The number of thioether (sulfide) groups is 1. The van der Waals surface area contributed by atoms with Crippen LogP contribution in [0.5, 0.6) is 0 Å². The summed E-state index contributed by atoms with van der Waals surface area (Å²) in [6.07, 6.45) is 4.06. The molecule has 1 aliphatic rings. The van der Waals surface area contributed by atoms with E-state index in [4.69, 9.17) is 11.6 Å². The van der Waals surface area contributed by atoms with Crippen molar-refractivity contribution in [2.75, 3.05) is 18.1 Å². The van der Waals surface area contributed by atoms with Crippen LogP contribution in [-0.2, 0) is 18.3 Å². The highest BCUT2D eigenvalue weighted by Gasteiger charge is 2.28. The van der Waals surface area contributed by atoms with E-state index in [2.05, 4.69) is 5.10 Å². The monoisotopic (exact) mass is 335 g/mol. The molecule has 1 aromatic heterocycles. The van der Waals surface area contributed by atoms with E-state index in [9.17, 15) is 4.79 Å². The van der Waals surface area contributed by atoms with E-state index < -0.39 is 0 Å². The number of halogens is 1. The van der Waals surface area contributed by atoms with Gasteiger partial charge in [-0.3, -0.25) is 9.48 Å². The second-order valence-electron chi connectivity index (χ2n) is 5.43. The summed E-state index contributed by atoms with van der Waals surface area (Å²) >= 11 is 7.85. The van der Waals surface area contributed by atoms with Crippen molar-refractivity contribution in [1.29, 1.82) is 0 Å². The van der Waals surface area contributed by atoms with Crippen molar-refractivity contribution in [3.63, 3.8) is 0 Å². The number of nitrogens with zero attached hydrogens (tertiary/aromatic N) is 3. The second kappa shape index (κ2) is 6.75. The highest BCUT2D eigenvalue weighted by atomic mass is 35.5. The lowest BCUT2D eigenvalue weighted by Gasteiger charge is -2.36. The zero-order valence-corrected chi connectivity index (χ0v) is 14.0. The summed E-state index contributed by atoms with van der Waals surface area (Å²) in [5.74, 6) is 2.08. The number of amides is 1. The summed E-state index contributed by atoms with van der Waals surface area (Å²) in [6, 6.07) is 7.94. The lowest BCUT2D eigenvalue weighted by atomic mass is 10.1. The van der Waals surface area contributed by atoms with Gasteiger partial charge in [-0.15, -0.1) is 0 Å². The third-order valence-electron chi connectivity index (χ3n) is 3.82. The maximum absolute atomic E-state index is 12.7. The zero-order chi connectivity index (χ0) is 15.5. The molecule has 0 aliphatic carbocycles. The van der Waals surface area contributed by atoms with Gasteiger partial charge in [-0.05, 0) is 23.3 Å². The zero-order valence-electron chi connectivity index (χ0n) is 12.4. The van der Waals surface area contributed by atoms with Crippen LogP contribution in [-0.4, -0.2) is 38.6 Å². The van der Waals surface area contributed by atoms with Gasteiger partial charge in [-0.1, -0.05) is 23.7 Å². The highest BCUT2D eigenvalue weighted by molar-refractivity contribution is 7.99. The number of aryl methyl sites for hydroxylation is 1. The number of benzene rings is 1. The summed E-state index contributed by atoms with van der Waals surface area (Å²) < 4.78 is 1.73. The minimum atomic E-state index is 0.125. The predicted molar refractivity (Wildman–Crippen MR) is 90.1 cm³/mol. The fourth-order valence-corrected chi connectivity index (χ4v) is 3.92. The van der Waals surface area contributed by atoms with Gasteiger partial charge in [-0.25, -0.2) is 0 Å². The average molecular weight is 336 g/mol. The molecule has 2 aromatic rings. The molecule has 0 radical (unpaired) electrons. The van der Waals surface area contributed by atoms with Gasteiger partial charge in [0.2, 0.25) is 5.91 Å². The molecule has 1 fully saturated rings. The molecular weight excluding hydrogens is 318 g/mol. The fraction of sp³-hybridized carbons (Fsp3) is 0.375. The third-order valence-corrected chi connectivity index (χ3v) is 5.09. The van der Waals surface area contributed by atoms with Crippen molar-refractivity contribution < 1.29 is 4.79 Å². The lowest BCUT2D eigenvalue weighted by molar-refractivity contribution is -0.132. The number of rotatable bonds is 3. The maximum Gasteiger partial charge on any atom is 0.227 e. The molecule has 1 aliphatic heterocycles. The first-order valence-corrected chi connectivity index (χ1v) is 8.77. The standard InChI is InChI=1S/C16H18ClN3OS/c1-19-10-12(9-18-19)8-16(21)20-6-7-22-11-15(20)13-2-4-14(17)5-3-13/h2-5,9-10,15H,6-8,11H2,1H3. The first-order valence-electron chi connectivity index (χ1n) is 7.23. The molecule has 6 heteroatoms. The topological polar surface area (TPSA) is 38.1 Å². The molecule has 0 bridgehead atoms. The SMILES string of the molecule is Cn1cc(CC(=O)N2CCSCC2c2ccc(Cl)cc2)cn1. The van der Waals surface area contributed by atoms with E-state index in [1.165, 1.54) is 0 Å². The Labute approximate surface area is 139 Å². The van der Waals surface area contributed by atoms with E-state index in [1.807, 2.05) is 54.2 Å². The second-order valence-corrected chi connectivity index (χ2v) is 7.01. The number of carbonyl (C=O) groups excluding carboxylic acids is 1. The van der Waals surface area contributed by atoms with Gasteiger partial charge < -0.3 is 4.90 Å². The Bertz CT molecular complexity index is 656. The van der Waals surface area contributed by atoms with Crippen LogP contribution in [0.4, 0.5) is 0 Å². The fourth-order valence-electron chi connectivity index (χ4n) is 2.70. The molecule has 4 nitrogen and oxygen atoms in total. The van der Waals surface area contributed by atoms with Gasteiger partial charge in [0.1, 0.15) is 0 Å². The van der Waals surface area contributed by atoms with Gasteiger partial charge in [0.15, 0.2) is 0 Å². The summed E-state index contributed by atoms with van der Waals surface area (Å²) in [6.45, 7) is 0.789. The van der Waals surface area contributed by atoms with E-state index >= 15 is 0 Å². The van der Waals surface area contributed by atoms with Crippen LogP contribution in [0.25, 0.3) is 0 Å². The smallest absolute Gasteiger partial charge is 0.227 e. The molecule has 22 heavy (non-hydrogen) atoms. The lowest BCUT2D eigenvalue weighted by Crippen LogP contribution is -2.41. The molecule has 3 rings (SSSR count). The molecule has 1 unspecified atom stereocenters. The van der Waals surface area contributed by atoms with Crippen molar-refractivity contribution in [2.45, 2.75) is 12.5 Å². The first-order chi connectivity index (χ1) is 10.6. The molecule has 1 aromatic carbocycles. The van der Waals surface area contributed by atoms with E-state index in [0.29, 0.717) is 6.42 Å². The molecule has 2 heterocycles. The van der Waals surface area contributed by atoms with Crippen LogP contribution in [0.1, 0.15) is 17.2 Å². The Morgan fingerprint density at radius 1 is 1.41 bits per heavy atom. The van der Waals surface area contributed by atoms with Gasteiger partial charge in [0.05, 0.1) is 18.7 Å². The van der Waals surface area contributed by atoms with Crippen LogP contribution in [0.2, 0.25) is 5.02 Å². The van der Waals surface area contributed by atoms with Crippen LogP contribution in [0.15, 0.2) is 36.7 Å². The third kappa shape index (κ3) is 3.47. The van der Waals surface area contributed by atoms with E-state index in [1.54, 1.807) is 10.9 Å². The minimum Gasteiger partial charge on any atom is -0.334 e. The quantitative estimate of drug-likeness (QED) is 0.865. The van der Waals surface area contributed by atoms with Gasteiger partial charge in [0.25, 0.3) is 0 Å². The molecule has 0 N–H and O–H groups in total. The van der Waals surface area contributed by atoms with Crippen molar-refractivity contribution in [3.05, 3.63) is 52.8 Å². The maximum atomic E-state index is 12.7. The Morgan fingerprint density at radius 2 is 2.18 bits per heavy atom. The van der Waals surface area contributed by atoms with E-state index in [0.717, 1.165) is 34.2 Å². The number of hydrogen-bond acceptors (Lipinski definition) is 3. The Kier molecular flexibility index (Phi) is 4.74. The Balaban J connectivity index is 1.77. The summed E-state index contributed by atoms with van der Waals surface area (Å²) in [5, 5.41) is 4.85. The van der Waals surface area contributed by atoms with Crippen molar-refractivity contribution >= 4 is 29.3 Å². The number of carbonyl (C=O) groups is 1. The van der Waals surface area contributed by atoms with Crippen molar-refractivity contribution in [2.24, 2.45) is 7.05 Å². The Morgan fingerprint density at radius 3 is 2.86 bits per heavy atom. The number of hydrogen-bond donors (Lipinski definition) is 0.